The Morgan fingerprint density at radius 1 is 1.21 bits per heavy atom. The molecule has 8 heteroatoms. The van der Waals surface area contributed by atoms with Gasteiger partial charge in [-0.2, -0.15) is 0 Å². The molecule has 0 radical (unpaired) electrons. The van der Waals surface area contributed by atoms with Gasteiger partial charge in [0.25, 0.3) is 5.91 Å². The first-order valence-electron chi connectivity index (χ1n) is 10.2. The number of nitrogens with one attached hydrogen (secondary N) is 1. The van der Waals surface area contributed by atoms with Crippen LogP contribution in [-0.2, 0) is 17.8 Å². The van der Waals surface area contributed by atoms with Crippen molar-refractivity contribution in [3.8, 4) is 0 Å². The molecule has 150 valence electrons. The number of nitrogens with zero attached hydrogens (tertiary/aromatic N) is 4. The van der Waals surface area contributed by atoms with Crippen LogP contribution in [0, 0.1) is 0 Å². The summed E-state index contributed by atoms with van der Waals surface area (Å²) in [6, 6.07) is 0.997. The standard InChI is InChI=1S/C20H27N5O3/c1-14(21-19(26)16-8-11-28-13-16)20(27)24-9-5-6-15(12-24)18-23-22-17-7-3-2-4-10-25(17)18/h8,11,13-15H,2-7,9-10,12H2,1H3,(H,21,26). The second-order valence-electron chi connectivity index (χ2n) is 7.77. The van der Waals surface area contributed by atoms with Gasteiger partial charge in [-0.15, -0.1) is 10.2 Å². The lowest BCUT2D eigenvalue weighted by molar-refractivity contribution is -0.134. The molecule has 2 aliphatic rings. The number of piperidine rings is 1. The van der Waals surface area contributed by atoms with Crippen molar-refractivity contribution in [3.63, 3.8) is 0 Å². The van der Waals surface area contributed by atoms with Gasteiger partial charge in [0, 0.05) is 32.0 Å². The number of likely N-dealkylation sites (tertiary alicyclic amines) is 1. The number of aryl methyl sites for hydroxylation is 1. The van der Waals surface area contributed by atoms with Gasteiger partial charge in [0.1, 0.15) is 24.0 Å². The minimum atomic E-state index is -0.586. The number of rotatable bonds is 4. The molecular weight excluding hydrogens is 358 g/mol. The third-order valence-electron chi connectivity index (χ3n) is 5.74. The van der Waals surface area contributed by atoms with E-state index < -0.39 is 6.04 Å². The van der Waals surface area contributed by atoms with Gasteiger partial charge in [-0.3, -0.25) is 9.59 Å². The number of aromatic nitrogens is 3. The second kappa shape index (κ2) is 8.16. The lowest BCUT2D eigenvalue weighted by atomic mass is 9.96. The van der Waals surface area contributed by atoms with Gasteiger partial charge < -0.3 is 19.2 Å². The summed E-state index contributed by atoms with van der Waals surface area (Å²) in [5, 5.41) is 11.7. The summed E-state index contributed by atoms with van der Waals surface area (Å²) in [5.41, 5.74) is 0.419. The molecule has 0 aliphatic carbocycles. The molecule has 1 saturated heterocycles. The Morgan fingerprint density at radius 2 is 2.11 bits per heavy atom. The Balaban J connectivity index is 1.41. The van der Waals surface area contributed by atoms with E-state index in [-0.39, 0.29) is 17.7 Å². The average Bonchev–Trinajstić information content (AvgIpc) is 3.33. The topological polar surface area (TPSA) is 93.3 Å². The van der Waals surface area contributed by atoms with Crippen LogP contribution in [0.15, 0.2) is 23.0 Å². The largest absolute Gasteiger partial charge is 0.472 e. The van der Waals surface area contributed by atoms with Crippen LogP contribution >= 0.6 is 0 Å². The molecule has 1 N–H and O–H groups in total. The Kier molecular flexibility index (Phi) is 5.45. The van der Waals surface area contributed by atoms with Crippen LogP contribution in [0.25, 0.3) is 0 Å². The molecule has 0 bridgehead atoms. The first-order chi connectivity index (χ1) is 13.6. The first-order valence-corrected chi connectivity index (χ1v) is 10.2. The minimum absolute atomic E-state index is 0.0582. The van der Waals surface area contributed by atoms with Crippen molar-refractivity contribution in [3.05, 3.63) is 35.8 Å². The number of hydrogen-bond acceptors (Lipinski definition) is 5. The smallest absolute Gasteiger partial charge is 0.255 e. The van der Waals surface area contributed by atoms with Crippen molar-refractivity contribution in [2.24, 2.45) is 0 Å². The maximum Gasteiger partial charge on any atom is 0.255 e. The summed E-state index contributed by atoms with van der Waals surface area (Å²) in [4.78, 5) is 26.9. The van der Waals surface area contributed by atoms with E-state index in [1.807, 2.05) is 4.90 Å². The van der Waals surface area contributed by atoms with Gasteiger partial charge in [-0.05, 0) is 38.7 Å². The Labute approximate surface area is 164 Å². The molecule has 2 atom stereocenters. The summed E-state index contributed by atoms with van der Waals surface area (Å²) in [6.45, 7) is 4.04. The van der Waals surface area contributed by atoms with Crippen LogP contribution in [0.1, 0.15) is 67.0 Å². The fourth-order valence-corrected chi connectivity index (χ4v) is 4.21. The highest BCUT2D eigenvalue weighted by Crippen LogP contribution is 2.28. The first kappa shape index (κ1) is 18.7. The normalized spacial score (nSPS) is 20.9. The van der Waals surface area contributed by atoms with Gasteiger partial charge in [0.2, 0.25) is 5.91 Å². The highest BCUT2D eigenvalue weighted by atomic mass is 16.3. The van der Waals surface area contributed by atoms with E-state index in [9.17, 15) is 9.59 Å². The summed E-state index contributed by atoms with van der Waals surface area (Å²) >= 11 is 0. The summed E-state index contributed by atoms with van der Waals surface area (Å²) in [6.07, 6.45) is 9.30. The highest BCUT2D eigenvalue weighted by Gasteiger charge is 2.31. The fraction of sp³-hybridized carbons (Fsp3) is 0.600. The van der Waals surface area contributed by atoms with E-state index in [4.69, 9.17) is 4.42 Å². The monoisotopic (exact) mass is 385 g/mol. The molecule has 0 aromatic carbocycles. The Bertz CT molecular complexity index is 829. The van der Waals surface area contributed by atoms with Crippen LogP contribution in [0.2, 0.25) is 0 Å². The summed E-state index contributed by atoms with van der Waals surface area (Å²) < 4.78 is 7.21. The zero-order valence-electron chi connectivity index (χ0n) is 16.3. The molecular formula is C20H27N5O3. The lowest BCUT2D eigenvalue weighted by Gasteiger charge is -2.34. The molecule has 1 fully saturated rings. The average molecular weight is 385 g/mol. The number of amides is 2. The molecule has 0 spiro atoms. The molecule has 2 aromatic rings. The van der Waals surface area contributed by atoms with E-state index in [2.05, 4.69) is 20.1 Å². The van der Waals surface area contributed by atoms with Crippen LogP contribution in [-0.4, -0.2) is 50.6 Å². The number of hydrogen-bond donors (Lipinski definition) is 1. The van der Waals surface area contributed by atoms with Crippen LogP contribution in [0.3, 0.4) is 0 Å². The molecule has 4 heterocycles. The maximum absolute atomic E-state index is 12.9. The fourth-order valence-electron chi connectivity index (χ4n) is 4.21. The third-order valence-corrected chi connectivity index (χ3v) is 5.74. The summed E-state index contributed by atoms with van der Waals surface area (Å²) in [5.74, 6) is 1.94. The molecule has 2 unspecified atom stereocenters. The molecule has 0 saturated carbocycles. The number of carbonyl (C=O) groups excluding carboxylic acids is 2. The molecule has 28 heavy (non-hydrogen) atoms. The number of fused-ring (bicyclic) bond motifs is 1. The Hall–Kier alpha value is -2.64. The van der Waals surface area contributed by atoms with Crippen molar-refractivity contribution < 1.29 is 14.0 Å². The van der Waals surface area contributed by atoms with Gasteiger partial charge in [-0.1, -0.05) is 6.42 Å². The molecule has 2 aliphatic heterocycles. The zero-order valence-corrected chi connectivity index (χ0v) is 16.3. The number of carbonyl (C=O) groups is 2. The van der Waals surface area contributed by atoms with E-state index >= 15 is 0 Å². The second-order valence-corrected chi connectivity index (χ2v) is 7.77. The van der Waals surface area contributed by atoms with Gasteiger partial charge in [-0.25, -0.2) is 0 Å². The van der Waals surface area contributed by atoms with Crippen molar-refractivity contribution in [1.29, 1.82) is 0 Å². The quantitative estimate of drug-likeness (QED) is 0.870. The predicted molar refractivity (Wildman–Crippen MR) is 102 cm³/mol. The van der Waals surface area contributed by atoms with E-state index in [1.165, 1.54) is 25.4 Å². The summed E-state index contributed by atoms with van der Waals surface area (Å²) in [7, 11) is 0. The molecule has 8 nitrogen and oxygen atoms in total. The van der Waals surface area contributed by atoms with Crippen molar-refractivity contribution in [1.82, 2.24) is 25.0 Å². The number of furan rings is 1. The van der Waals surface area contributed by atoms with Crippen molar-refractivity contribution >= 4 is 11.8 Å². The van der Waals surface area contributed by atoms with Crippen LogP contribution in [0.4, 0.5) is 0 Å². The van der Waals surface area contributed by atoms with Crippen LogP contribution < -0.4 is 5.32 Å². The van der Waals surface area contributed by atoms with Crippen LogP contribution in [0.5, 0.6) is 0 Å². The van der Waals surface area contributed by atoms with Crippen molar-refractivity contribution in [2.75, 3.05) is 13.1 Å². The molecule has 4 rings (SSSR count). The predicted octanol–water partition coefficient (Wildman–Crippen LogP) is 2.12. The lowest BCUT2D eigenvalue weighted by Crippen LogP contribution is -2.49. The van der Waals surface area contributed by atoms with E-state index in [0.29, 0.717) is 18.7 Å². The van der Waals surface area contributed by atoms with Gasteiger partial charge in [0.05, 0.1) is 11.8 Å². The maximum atomic E-state index is 12.9. The van der Waals surface area contributed by atoms with Crippen molar-refractivity contribution in [2.45, 2.75) is 64.0 Å². The third kappa shape index (κ3) is 3.81. The molecule has 2 amide bonds. The molecule has 2 aromatic heterocycles. The van der Waals surface area contributed by atoms with E-state index in [1.54, 1.807) is 13.0 Å². The zero-order chi connectivity index (χ0) is 19.5. The van der Waals surface area contributed by atoms with E-state index in [0.717, 1.165) is 43.9 Å². The highest BCUT2D eigenvalue weighted by molar-refractivity contribution is 5.97. The van der Waals surface area contributed by atoms with Gasteiger partial charge >= 0.3 is 0 Å². The SMILES string of the molecule is CC(NC(=O)c1ccoc1)C(=O)N1CCCC(c2nnc3n2CCCCC3)C1. The Morgan fingerprint density at radius 3 is 2.93 bits per heavy atom. The van der Waals surface area contributed by atoms with Gasteiger partial charge in [0.15, 0.2) is 0 Å². The minimum Gasteiger partial charge on any atom is -0.472 e.